The first kappa shape index (κ1) is 20.7. The Morgan fingerprint density at radius 1 is 1.16 bits per heavy atom. The number of aromatic nitrogens is 2. The van der Waals surface area contributed by atoms with Gasteiger partial charge in [0.15, 0.2) is 0 Å². The summed E-state index contributed by atoms with van der Waals surface area (Å²) < 4.78 is 18.6. The lowest BCUT2D eigenvalue weighted by Gasteiger charge is -2.23. The highest BCUT2D eigenvalue weighted by Crippen LogP contribution is 2.35. The molecule has 8 nitrogen and oxygen atoms in total. The summed E-state index contributed by atoms with van der Waals surface area (Å²) in [5, 5.41) is 14.3. The molecule has 1 fully saturated rings. The van der Waals surface area contributed by atoms with Crippen LogP contribution < -0.4 is 15.4 Å². The minimum Gasteiger partial charge on any atom is -0.495 e. The molecule has 1 aliphatic heterocycles. The highest BCUT2D eigenvalue weighted by molar-refractivity contribution is 7.13. The number of anilines is 2. The lowest BCUT2D eigenvalue weighted by atomic mass is 10.2. The Balaban J connectivity index is 1.46. The number of urea groups is 1. The SMILES string of the molecule is COc1ccccc1NC(=O)N1CCC[C@H]1c1nnc(C(=O)Nc2cccc(F)c2)s1. The van der Waals surface area contributed by atoms with Crippen LogP contribution in [0.25, 0.3) is 0 Å². The van der Waals surface area contributed by atoms with Crippen LogP contribution >= 0.6 is 11.3 Å². The zero-order chi connectivity index (χ0) is 21.8. The fraction of sp³-hybridized carbons (Fsp3) is 0.238. The van der Waals surface area contributed by atoms with E-state index in [0.717, 1.165) is 24.2 Å². The van der Waals surface area contributed by atoms with Gasteiger partial charge in [-0.1, -0.05) is 29.5 Å². The van der Waals surface area contributed by atoms with Crippen LogP contribution in [0.3, 0.4) is 0 Å². The van der Waals surface area contributed by atoms with Crippen molar-refractivity contribution in [2.45, 2.75) is 18.9 Å². The second-order valence-corrected chi connectivity index (χ2v) is 7.90. The van der Waals surface area contributed by atoms with E-state index in [0.29, 0.717) is 28.7 Å². The van der Waals surface area contributed by atoms with Crippen LogP contribution in [-0.4, -0.2) is 40.7 Å². The third-order valence-electron chi connectivity index (χ3n) is 4.86. The smallest absolute Gasteiger partial charge is 0.322 e. The second-order valence-electron chi connectivity index (χ2n) is 6.89. The molecule has 0 saturated carbocycles. The van der Waals surface area contributed by atoms with Crippen LogP contribution in [0.15, 0.2) is 48.5 Å². The molecule has 0 spiro atoms. The Morgan fingerprint density at radius 3 is 2.81 bits per heavy atom. The van der Waals surface area contributed by atoms with Crippen molar-refractivity contribution in [3.05, 3.63) is 64.4 Å². The summed E-state index contributed by atoms with van der Waals surface area (Å²) in [5.41, 5.74) is 0.911. The van der Waals surface area contributed by atoms with Crippen molar-refractivity contribution < 1.29 is 18.7 Å². The van der Waals surface area contributed by atoms with Gasteiger partial charge in [-0.15, -0.1) is 10.2 Å². The molecule has 0 aliphatic carbocycles. The number of amides is 3. The van der Waals surface area contributed by atoms with Gasteiger partial charge >= 0.3 is 6.03 Å². The maximum atomic E-state index is 13.3. The monoisotopic (exact) mass is 441 g/mol. The fourth-order valence-corrected chi connectivity index (χ4v) is 4.30. The number of carbonyl (C=O) groups excluding carboxylic acids is 2. The number of likely N-dealkylation sites (tertiary alicyclic amines) is 1. The third-order valence-corrected chi connectivity index (χ3v) is 5.89. The van der Waals surface area contributed by atoms with Gasteiger partial charge in [-0.2, -0.15) is 0 Å². The highest BCUT2D eigenvalue weighted by atomic mass is 32.1. The summed E-state index contributed by atoms with van der Waals surface area (Å²) in [5.74, 6) is -0.352. The fourth-order valence-electron chi connectivity index (χ4n) is 3.41. The lowest BCUT2D eigenvalue weighted by molar-refractivity contribution is 0.102. The topological polar surface area (TPSA) is 96.4 Å². The van der Waals surface area contributed by atoms with Gasteiger partial charge in [-0.05, 0) is 43.2 Å². The van der Waals surface area contributed by atoms with Crippen molar-refractivity contribution in [3.8, 4) is 5.75 Å². The van der Waals surface area contributed by atoms with E-state index in [-0.39, 0.29) is 17.1 Å². The van der Waals surface area contributed by atoms with Crippen molar-refractivity contribution in [1.29, 1.82) is 0 Å². The van der Waals surface area contributed by atoms with Gasteiger partial charge in [0.1, 0.15) is 16.6 Å². The number of para-hydroxylation sites is 2. The molecule has 0 radical (unpaired) electrons. The largest absolute Gasteiger partial charge is 0.495 e. The second kappa shape index (κ2) is 9.09. The Labute approximate surface area is 182 Å². The predicted octanol–water partition coefficient (Wildman–Crippen LogP) is 4.31. The first-order valence-electron chi connectivity index (χ1n) is 9.66. The number of hydrogen-bond donors (Lipinski definition) is 2. The molecule has 2 aromatic carbocycles. The van der Waals surface area contributed by atoms with E-state index >= 15 is 0 Å². The minimum atomic E-state index is -0.475. The molecule has 1 aromatic heterocycles. The predicted molar refractivity (Wildman–Crippen MR) is 115 cm³/mol. The minimum absolute atomic E-state index is 0.149. The van der Waals surface area contributed by atoms with Gasteiger partial charge in [0.05, 0.1) is 18.8 Å². The van der Waals surface area contributed by atoms with Gasteiger partial charge in [0, 0.05) is 12.2 Å². The van der Waals surface area contributed by atoms with Crippen LogP contribution in [0.1, 0.15) is 33.7 Å². The van der Waals surface area contributed by atoms with Crippen LogP contribution in [0, 0.1) is 5.82 Å². The molecule has 3 amide bonds. The maximum Gasteiger partial charge on any atom is 0.322 e. The number of carbonyl (C=O) groups is 2. The van der Waals surface area contributed by atoms with Crippen LogP contribution in [0.5, 0.6) is 5.75 Å². The molecular weight excluding hydrogens is 421 g/mol. The van der Waals surface area contributed by atoms with Crippen molar-refractivity contribution in [3.63, 3.8) is 0 Å². The van der Waals surface area contributed by atoms with Gasteiger partial charge < -0.3 is 20.3 Å². The van der Waals surface area contributed by atoms with Crippen molar-refractivity contribution >= 4 is 34.6 Å². The number of nitrogens with one attached hydrogen (secondary N) is 2. The average molecular weight is 441 g/mol. The van der Waals surface area contributed by atoms with Crippen molar-refractivity contribution in [1.82, 2.24) is 15.1 Å². The number of hydrogen-bond acceptors (Lipinski definition) is 6. The molecule has 160 valence electrons. The molecule has 0 unspecified atom stereocenters. The standard InChI is InChI=1S/C21H20FN5O3S/c1-30-17-10-3-2-8-15(17)24-21(29)27-11-5-9-16(27)19-25-26-20(31-19)18(28)23-14-7-4-6-13(22)12-14/h2-4,6-8,10,12,16H,5,9,11H2,1H3,(H,23,28)(H,24,29)/t16-/m0/s1. The van der Waals surface area contributed by atoms with E-state index in [9.17, 15) is 14.0 Å². The van der Waals surface area contributed by atoms with E-state index in [1.807, 2.05) is 12.1 Å². The zero-order valence-electron chi connectivity index (χ0n) is 16.7. The molecule has 3 aromatic rings. The Morgan fingerprint density at radius 2 is 2.00 bits per heavy atom. The van der Waals surface area contributed by atoms with E-state index in [4.69, 9.17) is 4.74 Å². The number of nitrogens with zero attached hydrogens (tertiary/aromatic N) is 3. The van der Waals surface area contributed by atoms with Crippen molar-refractivity contribution in [2.75, 3.05) is 24.3 Å². The molecule has 4 rings (SSSR count). The van der Waals surface area contributed by atoms with Gasteiger partial charge in [-0.3, -0.25) is 4.79 Å². The third kappa shape index (κ3) is 4.64. The molecule has 1 atom stereocenters. The maximum absolute atomic E-state index is 13.3. The van der Waals surface area contributed by atoms with E-state index < -0.39 is 11.7 Å². The molecule has 1 aliphatic rings. The first-order valence-corrected chi connectivity index (χ1v) is 10.5. The summed E-state index contributed by atoms with van der Waals surface area (Å²) >= 11 is 1.12. The van der Waals surface area contributed by atoms with Crippen LogP contribution in [0.4, 0.5) is 20.6 Å². The zero-order valence-corrected chi connectivity index (χ0v) is 17.5. The number of methoxy groups -OCH3 is 1. The van der Waals surface area contributed by atoms with E-state index in [1.165, 1.54) is 18.2 Å². The quantitative estimate of drug-likeness (QED) is 0.615. The first-order chi connectivity index (χ1) is 15.0. The molecule has 2 N–H and O–H groups in total. The lowest BCUT2D eigenvalue weighted by Crippen LogP contribution is -2.34. The summed E-state index contributed by atoms with van der Waals surface area (Å²) in [7, 11) is 1.54. The number of rotatable bonds is 5. The van der Waals surface area contributed by atoms with E-state index in [2.05, 4.69) is 20.8 Å². The van der Waals surface area contributed by atoms with E-state index in [1.54, 1.807) is 30.2 Å². The normalized spacial score (nSPS) is 15.5. The molecule has 31 heavy (non-hydrogen) atoms. The van der Waals surface area contributed by atoms with Crippen LogP contribution in [0.2, 0.25) is 0 Å². The highest BCUT2D eigenvalue weighted by Gasteiger charge is 2.33. The molecule has 0 bridgehead atoms. The number of benzene rings is 2. The number of halogens is 1. The van der Waals surface area contributed by atoms with Gasteiger partial charge in [-0.25, -0.2) is 9.18 Å². The number of ether oxygens (including phenoxy) is 1. The molecule has 1 saturated heterocycles. The Kier molecular flexibility index (Phi) is 6.08. The molecule has 10 heteroatoms. The average Bonchev–Trinajstić information content (AvgIpc) is 3.44. The van der Waals surface area contributed by atoms with Gasteiger partial charge in [0.2, 0.25) is 5.01 Å². The van der Waals surface area contributed by atoms with Crippen LogP contribution in [-0.2, 0) is 0 Å². The Bertz CT molecular complexity index is 1110. The summed E-state index contributed by atoms with van der Waals surface area (Å²) in [4.78, 5) is 27.0. The van der Waals surface area contributed by atoms with Gasteiger partial charge in [0.25, 0.3) is 5.91 Å². The summed E-state index contributed by atoms with van der Waals surface area (Å²) in [6, 6.07) is 12.2. The summed E-state index contributed by atoms with van der Waals surface area (Å²) in [6.45, 7) is 0.566. The molecule has 2 heterocycles. The Hall–Kier alpha value is -3.53. The molecular formula is C21H20FN5O3S. The summed E-state index contributed by atoms with van der Waals surface area (Å²) in [6.07, 6.45) is 1.54. The van der Waals surface area contributed by atoms with Crippen molar-refractivity contribution in [2.24, 2.45) is 0 Å².